The van der Waals surface area contributed by atoms with Crippen molar-refractivity contribution >= 4 is 5.91 Å². The third-order valence-corrected chi connectivity index (χ3v) is 5.75. The van der Waals surface area contributed by atoms with Gasteiger partial charge in [-0.3, -0.25) is 14.5 Å². The van der Waals surface area contributed by atoms with Crippen LogP contribution in [-0.2, 0) is 7.05 Å². The molecule has 3 aromatic heterocycles. The molecule has 2 unspecified atom stereocenters. The number of hydrogen-bond donors (Lipinski definition) is 0. The minimum atomic E-state index is -0.116. The average Bonchev–Trinajstić information content (AvgIpc) is 3.52. The number of nitrogens with zero attached hydrogens (tertiary/aromatic N) is 6. The Hall–Kier alpha value is -3.81. The maximum atomic E-state index is 13.3. The summed E-state index contributed by atoms with van der Waals surface area (Å²) >= 11 is 0. The van der Waals surface area contributed by atoms with E-state index < -0.39 is 0 Å². The smallest absolute Gasteiger partial charge is 0.257 e. The number of carbonyl (C=O) groups excluding carboxylic acids is 1. The van der Waals surface area contributed by atoms with Crippen molar-refractivity contribution in [3.8, 4) is 11.4 Å². The van der Waals surface area contributed by atoms with Crippen molar-refractivity contribution in [1.29, 1.82) is 0 Å². The van der Waals surface area contributed by atoms with Crippen LogP contribution in [0.2, 0.25) is 0 Å². The lowest BCUT2D eigenvalue weighted by Crippen LogP contribution is -2.29. The Morgan fingerprint density at radius 3 is 2.61 bits per heavy atom. The van der Waals surface area contributed by atoms with Crippen LogP contribution in [-0.4, -0.2) is 48.8 Å². The molecule has 0 spiro atoms. The lowest BCUT2D eigenvalue weighted by Gasteiger charge is -2.16. The van der Waals surface area contributed by atoms with Crippen molar-refractivity contribution < 1.29 is 9.32 Å². The van der Waals surface area contributed by atoms with Gasteiger partial charge in [-0.05, 0) is 18.6 Å². The maximum absolute atomic E-state index is 13.3. The highest BCUT2D eigenvalue weighted by molar-refractivity contribution is 5.95. The van der Waals surface area contributed by atoms with Gasteiger partial charge in [0.25, 0.3) is 5.91 Å². The van der Waals surface area contributed by atoms with E-state index in [0.29, 0.717) is 30.4 Å². The fraction of sp³-hybridized carbons (Fsp3) is 0.261. The van der Waals surface area contributed by atoms with Crippen molar-refractivity contribution in [3.05, 3.63) is 83.8 Å². The van der Waals surface area contributed by atoms with Crippen molar-refractivity contribution in [2.45, 2.75) is 18.8 Å². The second kappa shape index (κ2) is 7.79. The summed E-state index contributed by atoms with van der Waals surface area (Å²) in [6.07, 6.45) is 5.36. The Morgan fingerprint density at radius 1 is 1.10 bits per heavy atom. The van der Waals surface area contributed by atoms with Crippen LogP contribution in [0.4, 0.5) is 0 Å². The highest BCUT2D eigenvalue weighted by atomic mass is 16.5. The lowest BCUT2D eigenvalue weighted by atomic mass is 9.90. The number of aryl methyl sites for hydroxylation is 2. The fourth-order valence-electron chi connectivity index (χ4n) is 4.22. The van der Waals surface area contributed by atoms with Gasteiger partial charge in [0.1, 0.15) is 0 Å². The molecule has 8 heteroatoms. The molecular formula is C23H22N6O2. The topological polar surface area (TPSA) is 89.9 Å². The van der Waals surface area contributed by atoms with Crippen molar-refractivity contribution in [2.75, 3.05) is 13.1 Å². The summed E-state index contributed by atoms with van der Waals surface area (Å²) in [6, 6.07) is 13.7. The molecule has 5 rings (SSSR count). The van der Waals surface area contributed by atoms with Crippen LogP contribution in [0.1, 0.15) is 39.3 Å². The monoisotopic (exact) mass is 414 g/mol. The van der Waals surface area contributed by atoms with Gasteiger partial charge in [0.05, 0.1) is 17.2 Å². The molecule has 31 heavy (non-hydrogen) atoms. The highest BCUT2D eigenvalue weighted by Gasteiger charge is 2.41. The van der Waals surface area contributed by atoms with Gasteiger partial charge in [0, 0.05) is 50.2 Å². The van der Waals surface area contributed by atoms with Crippen LogP contribution in [0, 0.1) is 6.92 Å². The van der Waals surface area contributed by atoms with Gasteiger partial charge in [-0.1, -0.05) is 41.6 Å². The van der Waals surface area contributed by atoms with Gasteiger partial charge < -0.3 is 9.42 Å². The van der Waals surface area contributed by atoms with Gasteiger partial charge >= 0.3 is 0 Å². The van der Waals surface area contributed by atoms with E-state index in [0.717, 1.165) is 16.8 Å². The fourth-order valence-corrected chi connectivity index (χ4v) is 4.22. The molecular weight excluding hydrogens is 392 g/mol. The molecule has 4 heterocycles. The largest absolute Gasteiger partial charge is 0.339 e. The standard InChI is InChI=1S/C23H22N6O2/c1-15-18(12-28(2)26-15)23(30)29-13-19(17-9-6-10-24-11-17)20(14-29)22-25-21(27-31-22)16-7-4-3-5-8-16/h3-12,19-20H,13-14H2,1-2H3. The molecule has 1 aliphatic rings. The van der Waals surface area contributed by atoms with E-state index >= 15 is 0 Å². The first-order chi connectivity index (χ1) is 15.1. The number of amides is 1. The second-order valence-electron chi connectivity index (χ2n) is 7.83. The number of rotatable bonds is 4. The summed E-state index contributed by atoms with van der Waals surface area (Å²) in [5.74, 6) is 0.943. The van der Waals surface area contributed by atoms with Gasteiger partial charge in [0.15, 0.2) is 0 Å². The molecule has 0 radical (unpaired) electrons. The Morgan fingerprint density at radius 2 is 1.90 bits per heavy atom. The quantitative estimate of drug-likeness (QED) is 0.509. The van der Waals surface area contributed by atoms with Gasteiger partial charge in [-0.2, -0.15) is 10.1 Å². The number of aromatic nitrogens is 5. The van der Waals surface area contributed by atoms with E-state index in [2.05, 4.69) is 20.2 Å². The zero-order valence-corrected chi connectivity index (χ0v) is 17.3. The maximum Gasteiger partial charge on any atom is 0.257 e. The van der Waals surface area contributed by atoms with Crippen molar-refractivity contribution in [2.24, 2.45) is 7.05 Å². The first-order valence-electron chi connectivity index (χ1n) is 10.2. The molecule has 156 valence electrons. The van der Waals surface area contributed by atoms with Crippen LogP contribution < -0.4 is 0 Å². The Balaban J connectivity index is 1.48. The summed E-state index contributed by atoms with van der Waals surface area (Å²) < 4.78 is 7.35. The predicted molar refractivity (Wildman–Crippen MR) is 113 cm³/mol. The zero-order valence-electron chi connectivity index (χ0n) is 17.3. The summed E-state index contributed by atoms with van der Waals surface area (Å²) in [5, 5.41) is 8.50. The SMILES string of the molecule is Cc1nn(C)cc1C(=O)N1CC(c2cccnc2)C(c2nc(-c3ccccc3)no2)C1. The molecule has 0 aliphatic carbocycles. The van der Waals surface area contributed by atoms with E-state index in [1.54, 1.807) is 17.1 Å². The number of pyridine rings is 1. The van der Waals surface area contributed by atoms with E-state index in [1.807, 2.05) is 67.5 Å². The van der Waals surface area contributed by atoms with Gasteiger partial charge in [-0.15, -0.1) is 0 Å². The normalized spacial score (nSPS) is 18.5. The molecule has 1 saturated heterocycles. The number of likely N-dealkylation sites (tertiary alicyclic amines) is 1. The van der Waals surface area contributed by atoms with Crippen LogP contribution >= 0.6 is 0 Å². The molecule has 1 amide bonds. The lowest BCUT2D eigenvalue weighted by molar-refractivity contribution is 0.0787. The molecule has 1 aliphatic heterocycles. The molecule has 4 aromatic rings. The summed E-state index contributed by atoms with van der Waals surface area (Å²) in [4.78, 5) is 24.0. The molecule has 0 bridgehead atoms. The van der Waals surface area contributed by atoms with Crippen LogP contribution in [0.3, 0.4) is 0 Å². The van der Waals surface area contributed by atoms with E-state index in [1.165, 1.54) is 0 Å². The van der Waals surface area contributed by atoms with Crippen molar-refractivity contribution in [1.82, 2.24) is 29.8 Å². The molecule has 2 atom stereocenters. The molecule has 0 N–H and O–H groups in total. The molecule has 1 aromatic carbocycles. The van der Waals surface area contributed by atoms with Gasteiger partial charge in [-0.25, -0.2) is 0 Å². The molecule has 1 fully saturated rings. The Labute approximate surface area is 179 Å². The van der Waals surface area contributed by atoms with Crippen LogP contribution in [0.15, 0.2) is 65.6 Å². The first kappa shape index (κ1) is 19.2. The van der Waals surface area contributed by atoms with E-state index in [-0.39, 0.29) is 17.7 Å². The highest BCUT2D eigenvalue weighted by Crippen LogP contribution is 2.40. The third kappa shape index (κ3) is 3.61. The van der Waals surface area contributed by atoms with E-state index in [4.69, 9.17) is 4.52 Å². The molecule has 8 nitrogen and oxygen atoms in total. The van der Waals surface area contributed by atoms with Crippen LogP contribution in [0.25, 0.3) is 11.4 Å². The Bertz CT molecular complexity index is 1200. The second-order valence-corrected chi connectivity index (χ2v) is 7.83. The number of carbonyl (C=O) groups is 1. The zero-order chi connectivity index (χ0) is 21.4. The summed E-state index contributed by atoms with van der Waals surface area (Å²) in [6.45, 7) is 2.89. The Kier molecular flexibility index (Phi) is 4.82. The summed E-state index contributed by atoms with van der Waals surface area (Å²) in [5.41, 5.74) is 3.28. The predicted octanol–water partition coefficient (Wildman–Crippen LogP) is 3.20. The van der Waals surface area contributed by atoms with Crippen molar-refractivity contribution in [3.63, 3.8) is 0 Å². The van der Waals surface area contributed by atoms with Gasteiger partial charge in [0.2, 0.25) is 11.7 Å². The minimum Gasteiger partial charge on any atom is -0.339 e. The average molecular weight is 414 g/mol. The number of benzene rings is 1. The first-order valence-corrected chi connectivity index (χ1v) is 10.2. The van der Waals surface area contributed by atoms with E-state index in [9.17, 15) is 4.79 Å². The number of hydrogen-bond acceptors (Lipinski definition) is 6. The summed E-state index contributed by atoms with van der Waals surface area (Å²) in [7, 11) is 1.82. The molecule has 0 saturated carbocycles. The van der Waals surface area contributed by atoms with Crippen LogP contribution in [0.5, 0.6) is 0 Å². The third-order valence-electron chi connectivity index (χ3n) is 5.75. The minimum absolute atomic E-state index is 0.0127.